The molecule has 4 heterocycles. The third-order valence-corrected chi connectivity index (χ3v) is 11.4. The maximum Gasteiger partial charge on any atom is 0.417 e. The zero-order chi connectivity index (χ0) is 32.4. The molecule has 1 amide bonds. The number of carbonyl (C=O) groups is 1. The lowest BCUT2D eigenvalue weighted by Crippen LogP contribution is -2.39. The van der Waals surface area contributed by atoms with Crippen LogP contribution in [0.4, 0.5) is 13.2 Å². The maximum atomic E-state index is 14.1. The van der Waals surface area contributed by atoms with Gasteiger partial charge in [0.25, 0.3) is 0 Å². The number of aromatic nitrogens is 2. The maximum absolute atomic E-state index is 14.1. The van der Waals surface area contributed by atoms with Crippen LogP contribution >= 0.6 is 11.8 Å². The van der Waals surface area contributed by atoms with Gasteiger partial charge in [-0.15, -0.1) is 11.8 Å². The summed E-state index contributed by atoms with van der Waals surface area (Å²) in [5.74, 6) is -0.0423. The van der Waals surface area contributed by atoms with Crippen molar-refractivity contribution in [3.8, 4) is 11.3 Å². The molecular weight excluding hydrogens is 629 g/mol. The molecule has 0 unspecified atom stereocenters. The summed E-state index contributed by atoms with van der Waals surface area (Å²) in [4.78, 5) is 15.9. The van der Waals surface area contributed by atoms with E-state index in [-0.39, 0.29) is 36.4 Å². The molecule has 3 N–H and O–H groups in total. The van der Waals surface area contributed by atoms with Crippen LogP contribution in [0.3, 0.4) is 0 Å². The van der Waals surface area contributed by atoms with E-state index in [2.05, 4.69) is 9.80 Å². The number of benzene rings is 1. The van der Waals surface area contributed by atoms with Crippen LogP contribution in [0.5, 0.6) is 0 Å². The van der Waals surface area contributed by atoms with Gasteiger partial charge in [0.1, 0.15) is 0 Å². The number of primary amides is 1. The summed E-state index contributed by atoms with van der Waals surface area (Å²) >= 11 is 1.12. The van der Waals surface area contributed by atoms with Gasteiger partial charge in [0, 0.05) is 66.0 Å². The lowest BCUT2D eigenvalue weighted by Gasteiger charge is -2.30. The first-order valence-electron chi connectivity index (χ1n) is 15.6. The van der Waals surface area contributed by atoms with Crippen molar-refractivity contribution in [3.05, 3.63) is 35.0 Å². The van der Waals surface area contributed by atoms with Crippen molar-refractivity contribution in [1.29, 1.82) is 0 Å². The lowest BCUT2D eigenvalue weighted by molar-refractivity contribution is -0.139. The summed E-state index contributed by atoms with van der Waals surface area (Å²) < 4.78 is 70.3. The van der Waals surface area contributed by atoms with Gasteiger partial charge >= 0.3 is 6.18 Å². The number of nitrogens with two attached hydrogens (primary N) is 1. The number of thioether (sulfide) groups is 1. The minimum Gasteiger partial charge on any atom is -0.390 e. The fraction of sp³-hybridized carbons (Fsp3) is 0.667. The van der Waals surface area contributed by atoms with Crippen molar-refractivity contribution < 1.29 is 31.5 Å². The molecule has 3 aliphatic heterocycles. The molecule has 250 valence electrons. The SMILES string of the molecule is CS(=O)(=O)N1CCc2c(c(-c3ccc(C(F)(F)F)c(SCCN4CCC(C(N)=O)CC4)c3)nn2C[C@@H](O)CN2CCCCC2)C1. The normalized spacial score (nSPS) is 20.3. The third-order valence-electron chi connectivity index (χ3n) is 9.08. The number of alkyl halides is 3. The molecule has 5 rings (SSSR count). The van der Waals surface area contributed by atoms with Crippen LogP contribution in [0.25, 0.3) is 11.3 Å². The first-order chi connectivity index (χ1) is 21.3. The molecule has 1 aromatic carbocycles. The number of carbonyl (C=O) groups excluding carboxylic acids is 1. The first-order valence-corrected chi connectivity index (χ1v) is 18.4. The second kappa shape index (κ2) is 14.3. The summed E-state index contributed by atoms with van der Waals surface area (Å²) in [5, 5.41) is 15.8. The third kappa shape index (κ3) is 8.60. The number of nitrogens with zero attached hydrogens (tertiary/aromatic N) is 5. The van der Waals surface area contributed by atoms with E-state index in [1.54, 1.807) is 4.68 Å². The van der Waals surface area contributed by atoms with Gasteiger partial charge in [0.05, 0.1) is 30.2 Å². The number of hydrogen-bond acceptors (Lipinski definition) is 8. The summed E-state index contributed by atoms with van der Waals surface area (Å²) in [7, 11) is -3.51. The topological polar surface area (TPSA) is 125 Å². The van der Waals surface area contributed by atoms with Crippen molar-refractivity contribution in [3.63, 3.8) is 0 Å². The Morgan fingerprint density at radius 3 is 2.44 bits per heavy atom. The molecule has 1 aromatic heterocycles. The molecule has 0 saturated carbocycles. The van der Waals surface area contributed by atoms with Gasteiger partial charge < -0.3 is 20.6 Å². The molecule has 0 spiro atoms. The molecular formula is C30H43F3N6O4S2. The molecule has 3 aliphatic rings. The predicted octanol–water partition coefficient (Wildman–Crippen LogP) is 3.02. The Hall–Kier alpha value is -2.17. The number of aliphatic hydroxyl groups excluding tert-OH is 1. The fourth-order valence-corrected chi connectivity index (χ4v) is 8.48. The number of likely N-dealkylation sites (tertiary alicyclic amines) is 2. The fourth-order valence-electron chi connectivity index (χ4n) is 6.58. The predicted molar refractivity (Wildman–Crippen MR) is 167 cm³/mol. The van der Waals surface area contributed by atoms with Crippen LogP contribution in [-0.4, -0.2) is 107 Å². The van der Waals surface area contributed by atoms with E-state index in [1.807, 2.05) is 0 Å². The molecule has 10 nitrogen and oxygen atoms in total. The second-order valence-electron chi connectivity index (χ2n) is 12.4. The molecule has 1 atom stereocenters. The van der Waals surface area contributed by atoms with Gasteiger partial charge in [-0.05, 0) is 64.0 Å². The Morgan fingerprint density at radius 1 is 1.09 bits per heavy atom. The van der Waals surface area contributed by atoms with E-state index in [9.17, 15) is 31.5 Å². The van der Waals surface area contributed by atoms with Gasteiger partial charge in [0.15, 0.2) is 0 Å². The smallest absolute Gasteiger partial charge is 0.390 e. The van der Waals surface area contributed by atoms with Crippen molar-refractivity contribution >= 4 is 27.7 Å². The van der Waals surface area contributed by atoms with E-state index in [0.29, 0.717) is 68.0 Å². The van der Waals surface area contributed by atoms with Crippen molar-refractivity contribution in [2.45, 2.75) is 68.8 Å². The zero-order valence-corrected chi connectivity index (χ0v) is 27.3. The van der Waals surface area contributed by atoms with Gasteiger partial charge in [-0.25, -0.2) is 8.42 Å². The molecule has 15 heteroatoms. The summed E-state index contributed by atoms with van der Waals surface area (Å²) in [6.07, 6.45) is 0.957. The molecule has 2 fully saturated rings. The van der Waals surface area contributed by atoms with E-state index >= 15 is 0 Å². The van der Waals surface area contributed by atoms with Crippen molar-refractivity contribution in [2.24, 2.45) is 11.7 Å². The van der Waals surface area contributed by atoms with Crippen LogP contribution < -0.4 is 5.73 Å². The number of rotatable bonds is 11. The largest absolute Gasteiger partial charge is 0.417 e. The average Bonchev–Trinajstić information content (AvgIpc) is 3.34. The van der Waals surface area contributed by atoms with Gasteiger partial charge in [-0.3, -0.25) is 9.48 Å². The van der Waals surface area contributed by atoms with Crippen LogP contribution in [0.1, 0.15) is 48.9 Å². The van der Waals surface area contributed by atoms with E-state index in [0.717, 1.165) is 55.7 Å². The van der Waals surface area contributed by atoms with Crippen LogP contribution in [-0.2, 0) is 40.5 Å². The molecule has 45 heavy (non-hydrogen) atoms. The van der Waals surface area contributed by atoms with Crippen LogP contribution in [0, 0.1) is 5.92 Å². The van der Waals surface area contributed by atoms with Gasteiger partial charge in [-0.1, -0.05) is 12.5 Å². The number of halogens is 3. The molecule has 2 saturated heterocycles. The standard InChI is InChI=1S/C30H43F3N6O4S2/c1-45(42,43)38-14-9-26-24(20-38)28(35-39(26)19-23(40)18-37-10-3-2-4-11-37)22-5-6-25(30(31,32)33)27(17-22)44-16-15-36-12-7-21(8-13-36)29(34)41/h5-6,17,21,23,40H,2-4,7-16,18-20H2,1H3,(H2,34,41)/t23-/m0/s1. The van der Waals surface area contributed by atoms with E-state index < -0.39 is 27.9 Å². The van der Waals surface area contributed by atoms with Gasteiger partial charge in [-0.2, -0.15) is 22.6 Å². The zero-order valence-electron chi connectivity index (χ0n) is 25.6. The highest BCUT2D eigenvalue weighted by atomic mass is 32.2. The second-order valence-corrected chi connectivity index (χ2v) is 15.5. The Kier molecular flexibility index (Phi) is 10.9. The average molecular weight is 673 g/mol. The number of aliphatic hydroxyl groups is 1. The number of hydrogen-bond donors (Lipinski definition) is 2. The van der Waals surface area contributed by atoms with Crippen LogP contribution in [0.15, 0.2) is 23.1 Å². The highest BCUT2D eigenvalue weighted by Crippen LogP contribution is 2.40. The number of β-amino-alcohol motifs (C(OH)–C–C–N with tert-alkyl or cyclic N) is 1. The minimum atomic E-state index is -4.55. The highest BCUT2D eigenvalue weighted by molar-refractivity contribution is 7.99. The van der Waals surface area contributed by atoms with Crippen molar-refractivity contribution in [1.82, 2.24) is 23.9 Å². The summed E-state index contributed by atoms with van der Waals surface area (Å²) in [6, 6.07) is 3.98. The highest BCUT2D eigenvalue weighted by Gasteiger charge is 2.35. The number of amides is 1. The summed E-state index contributed by atoms with van der Waals surface area (Å²) in [5.41, 5.74) is 7.06. The number of fused-ring (bicyclic) bond motifs is 1. The lowest BCUT2D eigenvalue weighted by atomic mass is 9.96. The van der Waals surface area contributed by atoms with Gasteiger partial charge in [0.2, 0.25) is 15.9 Å². The van der Waals surface area contributed by atoms with Crippen LogP contribution in [0.2, 0.25) is 0 Å². The Balaban J connectivity index is 1.39. The van der Waals surface area contributed by atoms with E-state index in [1.165, 1.54) is 22.9 Å². The first kappa shape index (κ1) is 34.2. The Morgan fingerprint density at radius 2 is 1.80 bits per heavy atom. The molecule has 0 aliphatic carbocycles. The Bertz CT molecular complexity index is 1450. The minimum absolute atomic E-state index is 0.0659. The summed E-state index contributed by atoms with van der Waals surface area (Å²) in [6.45, 7) is 4.82. The quantitative estimate of drug-likeness (QED) is 0.350. The molecule has 0 bridgehead atoms. The Labute approximate surface area is 267 Å². The molecule has 0 radical (unpaired) electrons. The number of sulfonamides is 1. The van der Waals surface area contributed by atoms with Crippen molar-refractivity contribution in [2.75, 3.05) is 57.8 Å². The van der Waals surface area contributed by atoms with E-state index in [4.69, 9.17) is 10.8 Å². The number of piperidine rings is 2. The molecule has 2 aromatic rings. The monoisotopic (exact) mass is 672 g/mol.